The number of fused-ring (bicyclic) bond motifs is 1. The van der Waals surface area contributed by atoms with E-state index in [1.54, 1.807) is 0 Å². The van der Waals surface area contributed by atoms with Crippen molar-refractivity contribution < 1.29 is 0 Å². The lowest BCUT2D eigenvalue weighted by Crippen LogP contribution is -2.51. The van der Waals surface area contributed by atoms with Gasteiger partial charge in [0.2, 0.25) is 0 Å². The lowest BCUT2D eigenvalue weighted by atomic mass is 9.67. The molecule has 0 amide bonds. The third kappa shape index (κ3) is 1.16. The number of rotatable bonds is 2. The van der Waals surface area contributed by atoms with Gasteiger partial charge in [0.05, 0.1) is 0 Å². The fraction of sp³-hybridized carbons (Fsp3) is 1.00. The summed E-state index contributed by atoms with van der Waals surface area (Å²) in [6.07, 6.45) is 7.36. The molecule has 1 heteroatoms. The Bertz CT molecular complexity index is 211. The first-order valence-electron chi connectivity index (χ1n) is 5.94. The average molecular weight is 179 g/mol. The van der Waals surface area contributed by atoms with Crippen molar-refractivity contribution in [2.45, 2.75) is 58.0 Å². The van der Waals surface area contributed by atoms with E-state index in [0.29, 0.717) is 5.41 Å². The summed E-state index contributed by atoms with van der Waals surface area (Å²) in [4.78, 5) is 0. The molecule has 0 spiro atoms. The highest BCUT2D eigenvalue weighted by atomic mass is 15.1. The molecule has 0 aromatic carbocycles. The molecule has 3 aliphatic rings. The van der Waals surface area contributed by atoms with Crippen molar-refractivity contribution in [3.05, 3.63) is 0 Å². The van der Waals surface area contributed by atoms with Gasteiger partial charge in [0.15, 0.2) is 0 Å². The zero-order chi connectivity index (χ0) is 9.05. The molecular weight excluding hydrogens is 158 g/mol. The van der Waals surface area contributed by atoms with Gasteiger partial charge in [0.25, 0.3) is 0 Å². The Morgan fingerprint density at radius 3 is 2.23 bits per heavy atom. The molecule has 0 aromatic rings. The molecule has 0 heterocycles. The van der Waals surface area contributed by atoms with E-state index in [9.17, 15) is 0 Å². The molecule has 74 valence electrons. The van der Waals surface area contributed by atoms with Gasteiger partial charge in [-0.15, -0.1) is 0 Å². The van der Waals surface area contributed by atoms with Gasteiger partial charge in [-0.3, -0.25) is 0 Å². The lowest BCUT2D eigenvalue weighted by Gasteiger charge is -2.45. The van der Waals surface area contributed by atoms with Gasteiger partial charge < -0.3 is 5.32 Å². The molecule has 3 aliphatic carbocycles. The van der Waals surface area contributed by atoms with Crippen LogP contribution in [0.1, 0.15) is 46.0 Å². The maximum atomic E-state index is 3.88. The van der Waals surface area contributed by atoms with Crippen LogP contribution in [-0.2, 0) is 0 Å². The summed E-state index contributed by atoms with van der Waals surface area (Å²) in [5, 5.41) is 3.88. The summed E-state index contributed by atoms with van der Waals surface area (Å²) < 4.78 is 0. The molecule has 0 radical (unpaired) electrons. The standard InChI is InChI=1S/C12H21N/c1-12(2)7-6-10(12)13-11-8-4-3-5-9(8)11/h8-11,13H,3-7H2,1-2H3. The van der Waals surface area contributed by atoms with Crippen LogP contribution in [0.2, 0.25) is 0 Å². The van der Waals surface area contributed by atoms with Gasteiger partial charge in [-0.05, 0) is 42.9 Å². The first kappa shape index (κ1) is 8.28. The van der Waals surface area contributed by atoms with E-state index in [2.05, 4.69) is 19.2 Å². The molecule has 3 unspecified atom stereocenters. The van der Waals surface area contributed by atoms with Gasteiger partial charge in [-0.25, -0.2) is 0 Å². The maximum absolute atomic E-state index is 3.88. The first-order chi connectivity index (χ1) is 6.18. The highest BCUT2D eigenvalue weighted by molar-refractivity contribution is 5.09. The number of hydrogen-bond donors (Lipinski definition) is 1. The minimum absolute atomic E-state index is 0.594. The smallest absolute Gasteiger partial charge is 0.0133 e. The first-order valence-corrected chi connectivity index (χ1v) is 5.94. The predicted molar refractivity (Wildman–Crippen MR) is 54.6 cm³/mol. The van der Waals surface area contributed by atoms with E-state index >= 15 is 0 Å². The topological polar surface area (TPSA) is 12.0 Å². The molecule has 1 N–H and O–H groups in total. The van der Waals surface area contributed by atoms with E-state index in [1.165, 1.54) is 32.1 Å². The zero-order valence-corrected chi connectivity index (χ0v) is 8.84. The molecule has 1 nitrogen and oxygen atoms in total. The molecule has 0 bridgehead atoms. The van der Waals surface area contributed by atoms with Crippen molar-refractivity contribution in [1.82, 2.24) is 5.32 Å². The Morgan fingerprint density at radius 1 is 1.08 bits per heavy atom. The third-order valence-corrected chi connectivity index (χ3v) is 4.82. The minimum atomic E-state index is 0.594. The van der Waals surface area contributed by atoms with Crippen LogP contribution in [-0.4, -0.2) is 12.1 Å². The monoisotopic (exact) mass is 179 g/mol. The van der Waals surface area contributed by atoms with Gasteiger partial charge in [-0.1, -0.05) is 20.3 Å². The van der Waals surface area contributed by atoms with Crippen LogP contribution in [0.3, 0.4) is 0 Å². The Balaban J connectivity index is 1.54. The predicted octanol–water partition coefficient (Wildman–Crippen LogP) is 2.56. The molecule has 3 atom stereocenters. The van der Waals surface area contributed by atoms with E-state index in [-0.39, 0.29) is 0 Å². The Hall–Kier alpha value is -0.0400. The second-order valence-corrected chi connectivity index (χ2v) is 6.03. The fourth-order valence-corrected chi connectivity index (χ4v) is 3.48. The molecule has 13 heavy (non-hydrogen) atoms. The zero-order valence-electron chi connectivity index (χ0n) is 8.84. The van der Waals surface area contributed by atoms with Gasteiger partial charge in [-0.2, -0.15) is 0 Å². The Kier molecular flexibility index (Phi) is 1.59. The fourth-order valence-electron chi connectivity index (χ4n) is 3.48. The number of hydrogen-bond acceptors (Lipinski definition) is 1. The normalized spacial score (nSPS) is 51.2. The van der Waals surface area contributed by atoms with E-state index in [1.807, 2.05) is 0 Å². The summed E-state index contributed by atoms with van der Waals surface area (Å²) >= 11 is 0. The summed E-state index contributed by atoms with van der Waals surface area (Å²) in [7, 11) is 0. The summed E-state index contributed by atoms with van der Waals surface area (Å²) in [5.41, 5.74) is 0.594. The van der Waals surface area contributed by atoms with Crippen molar-refractivity contribution in [3.63, 3.8) is 0 Å². The second-order valence-electron chi connectivity index (χ2n) is 6.03. The largest absolute Gasteiger partial charge is 0.310 e. The van der Waals surface area contributed by atoms with Crippen molar-refractivity contribution in [3.8, 4) is 0 Å². The van der Waals surface area contributed by atoms with Crippen LogP contribution in [0.4, 0.5) is 0 Å². The highest BCUT2D eigenvalue weighted by Gasteiger charge is 2.54. The van der Waals surface area contributed by atoms with E-state index < -0.39 is 0 Å². The molecule has 3 fully saturated rings. The van der Waals surface area contributed by atoms with Gasteiger partial charge >= 0.3 is 0 Å². The van der Waals surface area contributed by atoms with Crippen LogP contribution < -0.4 is 5.32 Å². The van der Waals surface area contributed by atoms with Crippen molar-refractivity contribution in [2.24, 2.45) is 17.3 Å². The van der Waals surface area contributed by atoms with Crippen LogP contribution >= 0.6 is 0 Å². The average Bonchev–Trinajstić information content (AvgIpc) is 2.55. The van der Waals surface area contributed by atoms with Crippen molar-refractivity contribution >= 4 is 0 Å². The minimum Gasteiger partial charge on any atom is -0.310 e. The number of nitrogens with one attached hydrogen (secondary N) is 1. The van der Waals surface area contributed by atoms with Crippen molar-refractivity contribution in [1.29, 1.82) is 0 Å². The molecule has 3 saturated carbocycles. The highest BCUT2D eigenvalue weighted by Crippen LogP contribution is 2.53. The van der Waals surface area contributed by atoms with E-state index in [0.717, 1.165) is 23.9 Å². The molecule has 3 rings (SSSR count). The summed E-state index contributed by atoms with van der Waals surface area (Å²) in [5.74, 6) is 2.16. The molecule has 0 aliphatic heterocycles. The lowest BCUT2D eigenvalue weighted by molar-refractivity contribution is 0.104. The summed E-state index contributed by atoms with van der Waals surface area (Å²) in [6, 6.07) is 1.77. The molecule has 0 saturated heterocycles. The van der Waals surface area contributed by atoms with Crippen LogP contribution in [0, 0.1) is 17.3 Å². The Labute approximate surface area is 81.3 Å². The molecular formula is C12H21N. The Morgan fingerprint density at radius 2 is 1.77 bits per heavy atom. The van der Waals surface area contributed by atoms with Crippen LogP contribution in [0.15, 0.2) is 0 Å². The van der Waals surface area contributed by atoms with Gasteiger partial charge in [0.1, 0.15) is 0 Å². The third-order valence-electron chi connectivity index (χ3n) is 4.82. The maximum Gasteiger partial charge on any atom is 0.0133 e. The van der Waals surface area contributed by atoms with Crippen molar-refractivity contribution in [2.75, 3.05) is 0 Å². The molecule has 0 aromatic heterocycles. The summed E-state index contributed by atoms with van der Waals surface area (Å²) in [6.45, 7) is 4.82. The van der Waals surface area contributed by atoms with E-state index in [4.69, 9.17) is 0 Å². The van der Waals surface area contributed by atoms with Gasteiger partial charge in [0, 0.05) is 12.1 Å². The second kappa shape index (κ2) is 2.50. The van der Waals surface area contributed by atoms with Crippen LogP contribution in [0.5, 0.6) is 0 Å². The quantitative estimate of drug-likeness (QED) is 0.687. The van der Waals surface area contributed by atoms with Crippen LogP contribution in [0.25, 0.3) is 0 Å². The SMILES string of the molecule is CC1(C)CCC1NC1C2CCCC21.